The van der Waals surface area contributed by atoms with Crippen LogP contribution in [0.5, 0.6) is 0 Å². The van der Waals surface area contributed by atoms with Crippen molar-refractivity contribution in [2.24, 2.45) is 0 Å². The molecule has 1 atom stereocenters. The molecule has 2 heteroatoms. The molecule has 0 heterocycles. The maximum absolute atomic E-state index is 11.2. The molecule has 2 nitrogen and oxygen atoms in total. The molecular formula is C10H19NO. The average molecular weight is 169 g/mol. The zero-order chi connectivity index (χ0) is 8.97. The number of carbonyl (C=O) groups excluding carboxylic acids is 1. The van der Waals surface area contributed by atoms with Gasteiger partial charge in [-0.05, 0) is 32.9 Å². The van der Waals surface area contributed by atoms with E-state index in [0.29, 0.717) is 11.8 Å². The summed E-state index contributed by atoms with van der Waals surface area (Å²) < 4.78 is 0. The molecule has 1 aliphatic rings. The van der Waals surface area contributed by atoms with Gasteiger partial charge in [0, 0.05) is 18.9 Å². The minimum absolute atomic E-state index is 0.453. The van der Waals surface area contributed by atoms with Gasteiger partial charge in [0.15, 0.2) is 0 Å². The molecule has 0 radical (unpaired) electrons. The highest BCUT2D eigenvalue weighted by Crippen LogP contribution is 2.19. The first kappa shape index (κ1) is 9.72. The average Bonchev–Trinajstić information content (AvgIpc) is 2.05. The molecule has 0 unspecified atom stereocenters. The molecule has 1 saturated carbocycles. The fourth-order valence-corrected chi connectivity index (χ4v) is 1.91. The van der Waals surface area contributed by atoms with Crippen molar-refractivity contribution in [1.29, 1.82) is 0 Å². The SMILES string of the molecule is CCCN(C)[C@H]1CCCC(=O)C1. The number of carbonyl (C=O) groups is 1. The van der Waals surface area contributed by atoms with Gasteiger partial charge in [-0.3, -0.25) is 4.79 Å². The van der Waals surface area contributed by atoms with Gasteiger partial charge in [-0.15, -0.1) is 0 Å². The van der Waals surface area contributed by atoms with E-state index in [1.807, 2.05) is 0 Å². The Morgan fingerprint density at radius 1 is 1.58 bits per heavy atom. The summed E-state index contributed by atoms with van der Waals surface area (Å²) in [6.07, 6.45) is 5.09. The number of ketones is 1. The van der Waals surface area contributed by atoms with Gasteiger partial charge < -0.3 is 4.90 Å². The molecule has 1 aliphatic carbocycles. The largest absolute Gasteiger partial charge is 0.303 e. The van der Waals surface area contributed by atoms with Crippen LogP contribution in [0.25, 0.3) is 0 Å². The second-order valence-electron chi connectivity index (χ2n) is 3.77. The fourth-order valence-electron chi connectivity index (χ4n) is 1.91. The van der Waals surface area contributed by atoms with Crippen molar-refractivity contribution >= 4 is 5.78 Å². The quantitative estimate of drug-likeness (QED) is 0.642. The number of Topliss-reactive ketones (excluding diaryl/α,β-unsaturated/α-hetero) is 1. The fraction of sp³-hybridized carbons (Fsp3) is 0.900. The van der Waals surface area contributed by atoms with E-state index in [4.69, 9.17) is 0 Å². The van der Waals surface area contributed by atoms with Crippen LogP contribution in [0.2, 0.25) is 0 Å². The van der Waals surface area contributed by atoms with Gasteiger partial charge >= 0.3 is 0 Å². The molecule has 0 aromatic carbocycles. The third-order valence-electron chi connectivity index (χ3n) is 2.66. The van der Waals surface area contributed by atoms with Crippen LogP contribution in [-0.2, 0) is 4.79 Å². The zero-order valence-electron chi connectivity index (χ0n) is 8.18. The molecule has 70 valence electrons. The molecule has 1 rings (SSSR count). The summed E-state index contributed by atoms with van der Waals surface area (Å²) in [4.78, 5) is 13.5. The smallest absolute Gasteiger partial charge is 0.134 e. The van der Waals surface area contributed by atoms with Crippen LogP contribution in [0.15, 0.2) is 0 Å². The first-order valence-corrected chi connectivity index (χ1v) is 4.96. The van der Waals surface area contributed by atoms with E-state index in [9.17, 15) is 4.79 Å². The predicted molar refractivity (Wildman–Crippen MR) is 50.2 cm³/mol. The van der Waals surface area contributed by atoms with Gasteiger partial charge in [-0.25, -0.2) is 0 Å². The standard InChI is InChI=1S/C10H19NO/c1-3-7-11(2)9-5-4-6-10(12)8-9/h9H,3-8H2,1-2H3/t9-/m0/s1. The lowest BCUT2D eigenvalue weighted by Gasteiger charge is -2.30. The van der Waals surface area contributed by atoms with Crippen molar-refractivity contribution in [1.82, 2.24) is 4.90 Å². The minimum atomic E-state index is 0.453. The Hall–Kier alpha value is -0.370. The van der Waals surface area contributed by atoms with E-state index in [1.165, 1.54) is 12.8 Å². The molecule has 0 aromatic heterocycles. The Kier molecular flexibility index (Phi) is 3.73. The molecule has 0 N–H and O–H groups in total. The van der Waals surface area contributed by atoms with E-state index >= 15 is 0 Å². The Bertz CT molecular complexity index is 156. The summed E-state index contributed by atoms with van der Waals surface area (Å²) in [6.45, 7) is 3.30. The Labute approximate surface area is 74.9 Å². The van der Waals surface area contributed by atoms with Crippen molar-refractivity contribution in [2.75, 3.05) is 13.6 Å². The first-order valence-electron chi connectivity index (χ1n) is 4.96. The monoisotopic (exact) mass is 169 g/mol. The summed E-state index contributed by atoms with van der Waals surface area (Å²) >= 11 is 0. The van der Waals surface area contributed by atoms with Crippen molar-refractivity contribution in [3.63, 3.8) is 0 Å². The molecule has 1 fully saturated rings. The third kappa shape index (κ3) is 2.59. The molecule has 0 amide bonds. The van der Waals surface area contributed by atoms with Crippen LogP contribution >= 0.6 is 0 Å². The number of nitrogens with zero attached hydrogens (tertiary/aromatic N) is 1. The summed E-state index contributed by atoms with van der Waals surface area (Å²) in [7, 11) is 2.13. The number of rotatable bonds is 3. The van der Waals surface area contributed by atoms with E-state index in [-0.39, 0.29) is 0 Å². The molecule has 0 saturated heterocycles. The van der Waals surface area contributed by atoms with Crippen LogP contribution in [0.1, 0.15) is 39.0 Å². The van der Waals surface area contributed by atoms with Gasteiger partial charge in [0.2, 0.25) is 0 Å². The van der Waals surface area contributed by atoms with Crippen LogP contribution in [0.3, 0.4) is 0 Å². The Morgan fingerprint density at radius 3 is 2.92 bits per heavy atom. The highest BCUT2D eigenvalue weighted by Gasteiger charge is 2.21. The highest BCUT2D eigenvalue weighted by molar-refractivity contribution is 5.79. The Morgan fingerprint density at radius 2 is 2.33 bits per heavy atom. The lowest BCUT2D eigenvalue weighted by atomic mass is 9.93. The number of hydrogen-bond acceptors (Lipinski definition) is 2. The summed E-state index contributed by atoms with van der Waals surface area (Å²) in [6, 6.07) is 0.534. The maximum atomic E-state index is 11.2. The first-order chi connectivity index (χ1) is 5.74. The van der Waals surface area contributed by atoms with E-state index in [1.54, 1.807) is 0 Å². The van der Waals surface area contributed by atoms with Gasteiger partial charge in [0.1, 0.15) is 5.78 Å². The van der Waals surface area contributed by atoms with Crippen LogP contribution in [0.4, 0.5) is 0 Å². The van der Waals surface area contributed by atoms with Crippen LogP contribution in [-0.4, -0.2) is 30.3 Å². The van der Waals surface area contributed by atoms with Gasteiger partial charge in [-0.1, -0.05) is 6.92 Å². The second kappa shape index (κ2) is 4.61. The van der Waals surface area contributed by atoms with E-state index in [0.717, 1.165) is 25.8 Å². The van der Waals surface area contributed by atoms with Gasteiger partial charge in [0.05, 0.1) is 0 Å². The normalized spacial score (nSPS) is 24.9. The number of hydrogen-bond donors (Lipinski definition) is 0. The minimum Gasteiger partial charge on any atom is -0.303 e. The molecule has 0 aromatic rings. The van der Waals surface area contributed by atoms with Gasteiger partial charge in [0.25, 0.3) is 0 Å². The van der Waals surface area contributed by atoms with E-state index in [2.05, 4.69) is 18.9 Å². The van der Waals surface area contributed by atoms with Crippen molar-refractivity contribution in [2.45, 2.75) is 45.1 Å². The summed E-state index contributed by atoms with van der Waals surface area (Å²) in [5, 5.41) is 0. The molecule has 12 heavy (non-hydrogen) atoms. The molecule has 0 aliphatic heterocycles. The Balaban J connectivity index is 2.34. The lowest BCUT2D eigenvalue weighted by molar-refractivity contribution is -0.121. The predicted octanol–water partition coefficient (Wildman–Crippen LogP) is 1.84. The van der Waals surface area contributed by atoms with Crippen molar-refractivity contribution < 1.29 is 4.79 Å². The molecular weight excluding hydrogens is 150 g/mol. The van der Waals surface area contributed by atoms with Crippen LogP contribution < -0.4 is 0 Å². The summed E-state index contributed by atoms with van der Waals surface area (Å²) in [5.41, 5.74) is 0. The van der Waals surface area contributed by atoms with Gasteiger partial charge in [-0.2, -0.15) is 0 Å². The molecule has 0 spiro atoms. The second-order valence-corrected chi connectivity index (χ2v) is 3.77. The maximum Gasteiger partial charge on any atom is 0.134 e. The molecule has 0 bridgehead atoms. The lowest BCUT2D eigenvalue weighted by Crippen LogP contribution is -2.36. The van der Waals surface area contributed by atoms with Crippen LogP contribution in [0, 0.1) is 0 Å². The zero-order valence-corrected chi connectivity index (χ0v) is 8.18. The highest BCUT2D eigenvalue weighted by atomic mass is 16.1. The van der Waals surface area contributed by atoms with Crippen molar-refractivity contribution in [3.05, 3.63) is 0 Å². The summed E-state index contributed by atoms with van der Waals surface area (Å²) in [5.74, 6) is 0.453. The van der Waals surface area contributed by atoms with E-state index < -0.39 is 0 Å². The topological polar surface area (TPSA) is 20.3 Å². The van der Waals surface area contributed by atoms with Crippen molar-refractivity contribution in [3.8, 4) is 0 Å². The third-order valence-corrected chi connectivity index (χ3v) is 2.66.